The minimum Gasteiger partial charge on any atom is -0.351 e. The molecule has 0 radical (unpaired) electrons. The summed E-state index contributed by atoms with van der Waals surface area (Å²) in [4.78, 5) is 41.9. The SMILES string of the molecule is CN(C)C(=O)[C@H](Cc1ccccc1)NC(=O)[C@H]1O[C@@H]1C(=O)NC1CCN(Cc2ccccc2)CC1. The van der Waals surface area contributed by atoms with Gasteiger partial charge in [0.2, 0.25) is 5.91 Å². The molecular weight excluding hydrogens is 444 g/mol. The van der Waals surface area contributed by atoms with Crippen molar-refractivity contribution in [3.05, 3.63) is 71.8 Å². The lowest BCUT2D eigenvalue weighted by atomic mass is 10.0. The second-order valence-electron chi connectivity index (χ2n) is 9.51. The molecule has 2 heterocycles. The summed E-state index contributed by atoms with van der Waals surface area (Å²) in [5, 5.41) is 5.82. The van der Waals surface area contributed by atoms with Crippen molar-refractivity contribution in [2.24, 2.45) is 0 Å². The lowest BCUT2D eigenvalue weighted by molar-refractivity contribution is -0.134. The Morgan fingerprint density at radius 1 is 0.914 bits per heavy atom. The zero-order valence-electron chi connectivity index (χ0n) is 20.4. The monoisotopic (exact) mass is 478 g/mol. The topological polar surface area (TPSA) is 94.3 Å². The summed E-state index contributed by atoms with van der Waals surface area (Å²) in [6, 6.07) is 19.2. The van der Waals surface area contributed by atoms with Crippen molar-refractivity contribution in [1.29, 1.82) is 0 Å². The number of hydrogen-bond acceptors (Lipinski definition) is 5. The summed E-state index contributed by atoms with van der Waals surface area (Å²) in [6.45, 7) is 2.72. The zero-order chi connectivity index (χ0) is 24.8. The van der Waals surface area contributed by atoms with Crippen LogP contribution in [0.1, 0.15) is 24.0 Å². The van der Waals surface area contributed by atoms with E-state index in [2.05, 4.69) is 27.7 Å². The van der Waals surface area contributed by atoms with Gasteiger partial charge in [-0.25, -0.2) is 0 Å². The number of likely N-dealkylation sites (tertiary alicyclic amines) is 1. The number of rotatable bonds is 9. The van der Waals surface area contributed by atoms with Gasteiger partial charge in [-0.3, -0.25) is 19.3 Å². The van der Waals surface area contributed by atoms with Crippen LogP contribution in [0, 0.1) is 0 Å². The molecule has 8 nitrogen and oxygen atoms in total. The molecular formula is C27H34N4O4. The molecule has 3 atom stereocenters. The Labute approximate surface area is 206 Å². The number of amides is 3. The van der Waals surface area contributed by atoms with E-state index < -0.39 is 24.2 Å². The summed E-state index contributed by atoms with van der Waals surface area (Å²) < 4.78 is 5.41. The van der Waals surface area contributed by atoms with Gasteiger partial charge >= 0.3 is 0 Å². The molecule has 0 aliphatic carbocycles. The average Bonchev–Trinajstić information content (AvgIpc) is 3.67. The molecule has 186 valence electrons. The Morgan fingerprint density at radius 2 is 1.49 bits per heavy atom. The molecule has 2 fully saturated rings. The largest absolute Gasteiger partial charge is 0.351 e. The highest BCUT2D eigenvalue weighted by atomic mass is 16.6. The number of benzene rings is 2. The predicted molar refractivity (Wildman–Crippen MR) is 132 cm³/mol. The molecule has 2 saturated heterocycles. The van der Waals surface area contributed by atoms with E-state index in [0.29, 0.717) is 6.42 Å². The molecule has 35 heavy (non-hydrogen) atoms. The highest BCUT2D eigenvalue weighted by Crippen LogP contribution is 2.24. The standard InChI is InChI=1S/C27H34N4O4/c1-30(2)27(34)22(17-19-9-5-3-6-10-19)29-26(33)24-23(35-24)25(32)28-21-13-15-31(16-14-21)18-20-11-7-4-8-12-20/h3-12,21-24H,13-18H2,1-2H3,(H,28,32)(H,29,33)/t22-,23-,24-/m0/s1. The van der Waals surface area contributed by atoms with Gasteiger partial charge in [-0.15, -0.1) is 0 Å². The van der Waals surface area contributed by atoms with Crippen LogP contribution in [-0.2, 0) is 32.1 Å². The number of likely N-dealkylation sites (N-methyl/N-ethyl adjacent to an activating group) is 1. The van der Waals surface area contributed by atoms with Crippen LogP contribution >= 0.6 is 0 Å². The van der Waals surface area contributed by atoms with Gasteiger partial charge in [0.15, 0.2) is 12.2 Å². The van der Waals surface area contributed by atoms with E-state index in [1.165, 1.54) is 10.5 Å². The average molecular weight is 479 g/mol. The summed E-state index contributed by atoms with van der Waals surface area (Å²) in [5.74, 6) is -0.893. The first-order chi connectivity index (χ1) is 16.9. The molecule has 0 spiro atoms. The van der Waals surface area contributed by atoms with Gasteiger partial charge < -0.3 is 20.3 Å². The molecule has 0 bridgehead atoms. The van der Waals surface area contributed by atoms with Crippen molar-refractivity contribution in [2.75, 3.05) is 27.2 Å². The van der Waals surface area contributed by atoms with Gasteiger partial charge in [0.25, 0.3) is 11.8 Å². The van der Waals surface area contributed by atoms with E-state index in [9.17, 15) is 14.4 Å². The van der Waals surface area contributed by atoms with E-state index in [4.69, 9.17) is 4.74 Å². The highest BCUT2D eigenvalue weighted by molar-refractivity contribution is 5.97. The van der Waals surface area contributed by atoms with Crippen molar-refractivity contribution in [3.8, 4) is 0 Å². The fraction of sp³-hybridized carbons (Fsp3) is 0.444. The van der Waals surface area contributed by atoms with Crippen LogP contribution in [0.5, 0.6) is 0 Å². The fourth-order valence-electron chi connectivity index (χ4n) is 4.49. The lowest BCUT2D eigenvalue weighted by Gasteiger charge is -2.32. The number of carbonyl (C=O) groups is 3. The molecule has 2 aromatic carbocycles. The number of epoxide rings is 1. The summed E-state index contributed by atoms with van der Waals surface area (Å²) in [6.07, 6.45) is 0.428. The minimum atomic E-state index is -0.860. The number of carbonyl (C=O) groups excluding carboxylic acids is 3. The van der Waals surface area contributed by atoms with Crippen LogP contribution in [-0.4, -0.2) is 79.0 Å². The third-order valence-electron chi connectivity index (χ3n) is 6.53. The van der Waals surface area contributed by atoms with Gasteiger partial charge in [-0.2, -0.15) is 0 Å². The Bertz CT molecular complexity index is 1010. The molecule has 4 rings (SSSR count). The van der Waals surface area contributed by atoms with Crippen molar-refractivity contribution in [2.45, 2.75) is 50.1 Å². The third kappa shape index (κ3) is 6.90. The van der Waals surface area contributed by atoms with Crippen molar-refractivity contribution < 1.29 is 19.1 Å². The molecule has 0 aromatic heterocycles. The first kappa shape index (κ1) is 24.9. The maximum atomic E-state index is 12.8. The van der Waals surface area contributed by atoms with Crippen LogP contribution in [0.4, 0.5) is 0 Å². The highest BCUT2D eigenvalue weighted by Gasteiger charge is 2.51. The van der Waals surface area contributed by atoms with Crippen LogP contribution < -0.4 is 10.6 Å². The fourth-order valence-corrected chi connectivity index (χ4v) is 4.49. The van der Waals surface area contributed by atoms with E-state index >= 15 is 0 Å². The van der Waals surface area contributed by atoms with E-state index in [-0.39, 0.29) is 17.9 Å². The van der Waals surface area contributed by atoms with Crippen molar-refractivity contribution >= 4 is 17.7 Å². The lowest BCUT2D eigenvalue weighted by Crippen LogP contribution is -2.50. The normalized spacial score (nSPS) is 21.1. The first-order valence-corrected chi connectivity index (χ1v) is 12.2. The Morgan fingerprint density at radius 3 is 2.09 bits per heavy atom. The number of ether oxygens (including phenoxy) is 1. The molecule has 3 amide bonds. The molecule has 2 aliphatic heterocycles. The number of hydrogen-bond donors (Lipinski definition) is 2. The maximum Gasteiger partial charge on any atom is 0.253 e. The molecule has 8 heteroatoms. The van der Waals surface area contributed by atoms with Crippen molar-refractivity contribution in [3.63, 3.8) is 0 Å². The van der Waals surface area contributed by atoms with Gasteiger partial charge in [-0.1, -0.05) is 60.7 Å². The summed E-state index contributed by atoms with van der Waals surface area (Å²) in [5.41, 5.74) is 2.23. The van der Waals surface area contributed by atoms with E-state index in [0.717, 1.165) is 38.0 Å². The van der Waals surface area contributed by atoms with E-state index in [1.807, 2.05) is 48.5 Å². The van der Waals surface area contributed by atoms with Crippen LogP contribution in [0.2, 0.25) is 0 Å². The number of nitrogens with zero attached hydrogens (tertiary/aromatic N) is 2. The van der Waals surface area contributed by atoms with Gasteiger partial charge in [0.05, 0.1) is 0 Å². The maximum absolute atomic E-state index is 12.8. The molecule has 0 saturated carbocycles. The van der Waals surface area contributed by atoms with Crippen LogP contribution in [0.25, 0.3) is 0 Å². The number of piperidine rings is 1. The Balaban J connectivity index is 1.23. The van der Waals surface area contributed by atoms with Gasteiger partial charge in [0.1, 0.15) is 6.04 Å². The second-order valence-corrected chi connectivity index (χ2v) is 9.51. The van der Waals surface area contributed by atoms with Crippen molar-refractivity contribution in [1.82, 2.24) is 20.4 Å². The molecule has 2 N–H and O–H groups in total. The summed E-state index contributed by atoms with van der Waals surface area (Å²) >= 11 is 0. The predicted octanol–water partition coefficient (Wildman–Crippen LogP) is 1.35. The van der Waals surface area contributed by atoms with Gasteiger partial charge in [0, 0.05) is 46.2 Å². The molecule has 2 aliphatic rings. The molecule has 0 unspecified atom stereocenters. The zero-order valence-corrected chi connectivity index (χ0v) is 20.4. The van der Waals surface area contributed by atoms with E-state index in [1.54, 1.807) is 14.1 Å². The van der Waals surface area contributed by atoms with Crippen LogP contribution in [0.3, 0.4) is 0 Å². The third-order valence-corrected chi connectivity index (χ3v) is 6.53. The quantitative estimate of drug-likeness (QED) is 0.531. The smallest absolute Gasteiger partial charge is 0.253 e. The number of nitrogens with one attached hydrogen (secondary N) is 2. The Kier molecular flexibility index (Phi) is 8.15. The van der Waals surface area contributed by atoms with Crippen LogP contribution in [0.15, 0.2) is 60.7 Å². The first-order valence-electron chi connectivity index (χ1n) is 12.2. The van der Waals surface area contributed by atoms with Gasteiger partial charge in [-0.05, 0) is 24.0 Å². The Hall–Kier alpha value is -3.23. The second kappa shape index (κ2) is 11.5. The minimum absolute atomic E-state index is 0.0728. The summed E-state index contributed by atoms with van der Waals surface area (Å²) in [7, 11) is 3.31. The molecule has 2 aromatic rings.